The van der Waals surface area contributed by atoms with Crippen LogP contribution in [0.15, 0.2) is 52.2 Å². The number of benzene rings is 1. The van der Waals surface area contributed by atoms with Gasteiger partial charge in [0.1, 0.15) is 0 Å². The maximum Gasteiger partial charge on any atom is 0.176 e. The van der Waals surface area contributed by atoms with Crippen LogP contribution in [0.4, 0.5) is 0 Å². The average Bonchev–Trinajstić information content (AvgIpc) is 2.91. The van der Waals surface area contributed by atoms with E-state index in [4.69, 9.17) is 4.42 Å². The molecule has 0 aliphatic heterocycles. The fourth-order valence-corrected chi connectivity index (χ4v) is 2.27. The quantitative estimate of drug-likeness (QED) is 0.598. The van der Waals surface area contributed by atoms with Crippen molar-refractivity contribution in [2.45, 2.75) is 11.4 Å². The van der Waals surface area contributed by atoms with E-state index in [2.05, 4.69) is 0 Å². The zero-order valence-corrected chi connectivity index (χ0v) is 11.9. The molecule has 0 spiro atoms. The van der Waals surface area contributed by atoms with Crippen LogP contribution in [0.25, 0.3) is 0 Å². The van der Waals surface area contributed by atoms with Gasteiger partial charge in [-0.1, -0.05) is 12.1 Å². The zero-order valence-electron chi connectivity index (χ0n) is 11.1. The standard InChI is InChI=1S/C15H17NO2S/c1-16(9-12-7-8-18-11-12)10-15(17)13-3-5-14(19-2)6-4-13/h3-8,11H,9-10H2,1-2H3. The molecule has 0 aliphatic carbocycles. The van der Waals surface area contributed by atoms with Crippen molar-refractivity contribution in [3.8, 4) is 0 Å². The second kappa shape index (κ2) is 6.59. The van der Waals surface area contributed by atoms with Crippen LogP contribution in [0.3, 0.4) is 0 Å². The molecule has 3 nitrogen and oxygen atoms in total. The third kappa shape index (κ3) is 3.98. The molecule has 4 heteroatoms. The van der Waals surface area contributed by atoms with E-state index in [1.165, 1.54) is 4.90 Å². The van der Waals surface area contributed by atoms with E-state index in [-0.39, 0.29) is 5.78 Å². The van der Waals surface area contributed by atoms with Crippen molar-refractivity contribution in [2.75, 3.05) is 19.8 Å². The largest absolute Gasteiger partial charge is 0.472 e. The van der Waals surface area contributed by atoms with Crippen LogP contribution in [0.1, 0.15) is 15.9 Å². The first-order chi connectivity index (χ1) is 9.19. The molecule has 1 aromatic carbocycles. The molecule has 100 valence electrons. The van der Waals surface area contributed by atoms with Gasteiger partial charge >= 0.3 is 0 Å². The van der Waals surface area contributed by atoms with E-state index < -0.39 is 0 Å². The molecule has 0 saturated carbocycles. The lowest BCUT2D eigenvalue weighted by molar-refractivity contribution is 0.0943. The van der Waals surface area contributed by atoms with Crippen molar-refractivity contribution < 1.29 is 9.21 Å². The molecule has 0 aliphatic rings. The van der Waals surface area contributed by atoms with Gasteiger partial charge in [-0.2, -0.15) is 0 Å². The summed E-state index contributed by atoms with van der Waals surface area (Å²) in [6.07, 6.45) is 5.37. The Bertz CT molecular complexity index is 520. The van der Waals surface area contributed by atoms with E-state index in [1.54, 1.807) is 24.3 Å². The monoisotopic (exact) mass is 275 g/mol. The van der Waals surface area contributed by atoms with Crippen LogP contribution < -0.4 is 0 Å². The topological polar surface area (TPSA) is 33.5 Å². The molecule has 1 heterocycles. The number of hydrogen-bond acceptors (Lipinski definition) is 4. The van der Waals surface area contributed by atoms with Gasteiger partial charge in [0.05, 0.1) is 19.1 Å². The lowest BCUT2D eigenvalue weighted by Gasteiger charge is -2.14. The number of ketones is 1. The third-order valence-corrected chi connectivity index (χ3v) is 3.60. The molecule has 0 unspecified atom stereocenters. The number of furan rings is 1. The number of rotatable bonds is 6. The first-order valence-corrected chi connectivity index (χ1v) is 7.28. The average molecular weight is 275 g/mol. The van der Waals surface area contributed by atoms with Gasteiger partial charge < -0.3 is 4.42 Å². The Morgan fingerprint density at radius 2 is 2.00 bits per heavy atom. The van der Waals surface area contributed by atoms with E-state index in [0.717, 1.165) is 11.1 Å². The molecule has 19 heavy (non-hydrogen) atoms. The molecule has 2 rings (SSSR count). The van der Waals surface area contributed by atoms with Gasteiger partial charge in [0.2, 0.25) is 0 Å². The maximum atomic E-state index is 12.1. The fraction of sp³-hybridized carbons (Fsp3) is 0.267. The predicted octanol–water partition coefficient (Wildman–Crippen LogP) is 3.32. The number of hydrogen-bond donors (Lipinski definition) is 0. The summed E-state index contributed by atoms with van der Waals surface area (Å²) in [4.78, 5) is 15.3. The highest BCUT2D eigenvalue weighted by atomic mass is 32.2. The Labute approximate surface area is 117 Å². The van der Waals surface area contributed by atoms with Crippen molar-refractivity contribution in [2.24, 2.45) is 0 Å². The van der Waals surface area contributed by atoms with Crippen LogP contribution in [0.2, 0.25) is 0 Å². The zero-order chi connectivity index (χ0) is 13.7. The molecule has 0 saturated heterocycles. The summed E-state index contributed by atoms with van der Waals surface area (Å²) in [5.74, 6) is 0.138. The Kier molecular flexibility index (Phi) is 4.82. The van der Waals surface area contributed by atoms with Crippen molar-refractivity contribution in [1.29, 1.82) is 0 Å². The summed E-state index contributed by atoms with van der Waals surface area (Å²) in [7, 11) is 1.93. The summed E-state index contributed by atoms with van der Waals surface area (Å²) in [5, 5.41) is 0. The third-order valence-electron chi connectivity index (χ3n) is 2.86. The Morgan fingerprint density at radius 3 is 2.58 bits per heavy atom. The molecule has 0 fully saturated rings. The Balaban J connectivity index is 1.92. The van der Waals surface area contributed by atoms with Gasteiger partial charge in [-0.3, -0.25) is 9.69 Å². The smallest absolute Gasteiger partial charge is 0.176 e. The molecule has 1 aromatic heterocycles. The fourth-order valence-electron chi connectivity index (χ4n) is 1.86. The van der Waals surface area contributed by atoms with Gasteiger partial charge in [0.15, 0.2) is 5.78 Å². The van der Waals surface area contributed by atoms with E-state index in [9.17, 15) is 4.79 Å². The molecule has 0 atom stereocenters. The van der Waals surface area contributed by atoms with Gasteiger partial charge in [0, 0.05) is 22.6 Å². The number of likely N-dealkylation sites (N-methyl/N-ethyl adjacent to an activating group) is 1. The number of thioether (sulfide) groups is 1. The van der Waals surface area contributed by atoms with Crippen LogP contribution in [0, 0.1) is 0 Å². The highest BCUT2D eigenvalue weighted by molar-refractivity contribution is 7.98. The number of Topliss-reactive ketones (excluding diaryl/α,β-unsaturated/α-hetero) is 1. The van der Waals surface area contributed by atoms with Gasteiger partial charge in [-0.15, -0.1) is 11.8 Å². The van der Waals surface area contributed by atoms with Crippen LogP contribution in [-0.4, -0.2) is 30.5 Å². The van der Waals surface area contributed by atoms with Gasteiger partial charge in [-0.25, -0.2) is 0 Å². The summed E-state index contributed by atoms with van der Waals surface area (Å²) in [6, 6.07) is 9.65. The highest BCUT2D eigenvalue weighted by Crippen LogP contribution is 2.15. The number of nitrogens with zero attached hydrogens (tertiary/aromatic N) is 1. The highest BCUT2D eigenvalue weighted by Gasteiger charge is 2.10. The van der Waals surface area contributed by atoms with E-state index >= 15 is 0 Å². The van der Waals surface area contributed by atoms with Crippen LogP contribution in [0.5, 0.6) is 0 Å². The minimum Gasteiger partial charge on any atom is -0.472 e. The molecule has 0 amide bonds. The first-order valence-electron chi connectivity index (χ1n) is 6.06. The summed E-state index contributed by atoms with van der Waals surface area (Å²) in [6.45, 7) is 1.12. The molecule has 2 aromatic rings. The van der Waals surface area contributed by atoms with Crippen molar-refractivity contribution in [1.82, 2.24) is 4.90 Å². The Hall–Kier alpha value is -1.52. The van der Waals surface area contributed by atoms with Crippen molar-refractivity contribution in [3.63, 3.8) is 0 Å². The number of carbonyl (C=O) groups excluding carboxylic acids is 1. The minimum atomic E-state index is 0.138. The lowest BCUT2D eigenvalue weighted by atomic mass is 10.1. The predicted molar refractivity (Wildman–Crippen MR) is 77.6 cm³/mol. The SMILES string of the molecule is CSc1ccc(C(=O)CN(C)Cc2ccoc2)cc1. The van der Waals surface area contributed by atoms with E-state index in [0.29, 0.717) is 13.1 Å². The second-order valence-corrected chi connectivity index (χ2v) is 5.34. The summed E-state index contributed by atoms with van der Waals surface area (Å²) >= 11 is 1.67. The molecule has 0 bridgehead atoms. The molecule has 0 N–H and O–H groups in total. The number of carbonyl (C=O) groups is 1. The summed E-state index contributed by atoms with van der Waals surface area (Å²) < 4.78 is 5.02. The van der Waals surface area contributed by atoms with Gasteiger partial charge in [-0.05, 0) is 31.5 Å². The second-order valence-electron chi connectivity index (χ2n) is 4.46. The summed E-state index contributed by atoms with van der Waals surface area (Å²) in [5.41, 5.74) is 1.84. The van der Waals surface area contributed by atoms with Crippen molar-refractivity contribution >= 4 is 17.5 Å². The minimum absolute atomic E-state index is 0.138. The van der Waals surface area contributed by atoms with Gasteiger partial charge in [0.25, 0.3) is 0 Å². The van der Waals surface area contributed by atoms with Crippen LogP contribution in [-0.2, 0) is 6.54 Å². The van der Waals surface area contributed by atoms with Crippen LogP contribution >= 0.6 is 11.8 Å². The maximum absolute atomic E-state index is 12.1. The molecule has 0 radical (unpaired) electrons. The lowest BCUT2D eigenvalue weighted by Crippen LogP contribution is -2.25. The normalized spacial score (nSPS) is 10.9. The molecular formula is C15H17NO2S. The van der Waals surface area contributed by atoms with Crippen molar-refractivity contribution in [3.05, 3.63) is 54.0 Å². The Morgan fingerprint density at radius 1 is 1.26 bits per heavy atom. The molecular weight excluding hydrogens is 258 g/mol. The first kappa shape index (κ1) is 13.9. The van der Waals surface area contributed by atoms with E-state index in [1.807, 2.05) is 48.5 Å².